The van der Waals surface area contributed by atoms with E-state index in [9.17, 15) is 19.2 Å². The number of hydrogen-bond donors (Lipinski definition) is 1. The topological polar surface area (TPSA) is 92.8 Å². The fourth-order valence-corrected chi connectivity index (χ4v) is 7.14. The number of amides is 3. The van der Waals surface area contributed by atoms with Gasteiger partial charge in [0.15, 0.2) is 6.61 Å². The third-order valence-corrected chi connectivity index (χ3v) is 8.67. The van der Waals surface area contributed by atoms with Crippen molar-refractivity contribution in [1.29, 1.82) is 0 Å². The lowest BCUT2D eigenvalue weighted by atomic mass is 9.55. The number of ether oxygens (including phenoxy) is 1. The van der Waals surface area contributed by atoms with Gasteiger partial charge in [-0.2, -0.15) is 0 Å². The summed E-state index contributed by atoms with van der Waals surface area (Å²) in [5, 5.41) is 2.75. The maximum atomic E-state index is 13.6. The number of imide groups is 1. The Labute approximate surface area is 239 Å². The molecule has 3 amide bonds. The maximum absolute atomic E-state index is 13.6. The van der Waals surface area contributed by atoms with Crippen LogP contribution in [0.15, 0.2) is 66.7 Å². The van der Waals surface area contributed by atoms with Crippen molar-refractivity contribution in [1.82, 2.24) is 4.90 Å². The normalized spacial score (nSPS) is 21.8. The molecular weight excluding hydrogens is 516 g/mol. The Balaban J connectivity index is 0.996. The second kappa shape index (κ2) is 11.0. The second-order valence-electron chi connectivity index (χ2n) is 11.5. The lowest BCUT2D eigenvalue weighted by molar-refractivity contribution is -0.147. The minimum absolute atomic E-state index is 0.0757. The van der Waals surface area contributed by atoms with Gasteiger partial charge in [-0.3, -0.25) is 24.1 Å². The Morgan fingerprint density at radius 2 is 1.27 bits per heavy atom. The molecule has 7 heteroatoms. The van der Waals surface area contributed by atoms with Crippen molar-refractivity contribution >= 4 is 29.4 Å². The molecule has 3 aromatic rings. The van der Waals surface area contributed by atoms with Crippen LogP contribution in [-0.2, 0) is 23.9 Å². The molecule has 3 aromatic carbocycles. The minimum Gasteiger partial charge on any atom is -0.456 e. The number of rotatable bonds is 9. The molecule has 0 spiro atoms. The summed E-state index contributed by atoms with van der Waals surface area (Å²) in [7, 11) is 0. The smallest absolute Gasteiger partial charge is 0.306 e. The molecule has 210 valence electrons. The molecule has 3 aliphatic carbocycles. The summed E-state index contributed by atoms with van der Waals surface area (Å²) in [6.07, 6.45) is 2.03. The SMILES string of the molecule is Cc1cc(C)cc(NC(=O)COC(=O)CCCCCN2C(=O)[C@@H]3C4c5ccccc5C(c5ccccc54)[C@H]3C2=O)c1. The molecule has 41 heavy (non-hydrogen) atoms. The summed E-state index contributed by atoms with van der Waals surface area (Å²) >= 11 is 0. The van der Waals surface area contributed by atoms with Crippen LogP contribution in [0.1, 0.15) is 70.9 Å². The number of aryl methyl sites for hydroxylation is 2. The second-order valence-corrected chi connectivity index (χ2v) is 11.5. The zero-order chi connectivity index (χ0) is 28.7. The number of hydrogen-bond acceptors (Lipinski definition) is 5. The summed E-state index contributed by atoms with van der Waals surface area (Å²) in [4.78, 5) is 53.1. The monoisotopic (exact) mass is 550 g/mol. The van der Waals surface area contributed by atoms with E-state index in [-0.39, 0.29) is 54.4 Å². The average Bonchev–Trinajstić information content (AvgIpc) is 3.21. The van der Waals surface area contributed by atoms with Crippen molar-refractivity contribution in [3.8, 4) is 0 Å². The van der Waals surface area contributed by atoms with E-state index in [0.29, 0.717) is 31.5 Å². The number of carbonyl (C=O) groups is 4. The van der Waals surface area contributed by atoms with Crippen LogP contribution in [0.3, 0.4) is 0 Å². The van der Waals surface area contributed by atoms with Crippen LogP contribution in [0.4, 0.5) is 5.69 Å². The average molecular weight is 551 g/mol. The Kier molecular flexibility index (Phi) is 7.20. The van der Waals surface area contributed by atoms with Gasteiger partial charge in [0.05, 0.1) is 11.8 Å². The predicted octanol–water partition coefficient (Wildman–Crippen LogP) is 5.24. The van der Waals surface area contributed by atoms with Crippen LogP contribution in [-0.4, -0.2) is 41.7 Å². The van der Waals surface area contributed by atoms with E-state index in [4.69, 9.17) is 4.74 Å². The van der Waals surface area contributed by atoms with Crippen LogP contribution >= 0.6 is 0 Å². The number of nitrogens with one attached hydrogen (secondary N) is 1. The van der Waals surface area contributed by atoms with Crippen LogP contribution in [0, 0.1) is 25.7 Å². The molecule has 2 bridgehead atoms. The Bertz CT molecular complexity index is 1410. The van der Waals surface area contributed by atoms with Crippen molar-refractivity contribution in [2.24, 2.45) is 11.8 Å². The van der Waals surface area contributed by atoms with Crippen molar-refractivity contribution < 1.29 is 23.9 Å². The Morgan fingerprint density at radius 3 is 1.78 bits per heavy atom. The number of benzene rings is 3. The van der Waals surface area contributed by atoms with Crippen molar-refractivity contribution in [3.05, 3.63) is 100 Å². The van der Waals surface area contributed by atoms with Gasteiger partial charge in [0.25, 0.3) is 5.91 Å². The Morgan fingerprint density at radius 1 is 0.756 bits per heavy atom. The molecule has 7 rings (SSSR count). The molecule has 7 nitrogen and oxygen atoms in total. The van der Waals surface area contributed by atoms with Crippen molar-refractivity contribution in [2.75, 3.05) is 18.5 Å². The lowest BCUT2D eigenvalue weighted by Crippen LogP contribution is -2.41. The van der Waals surface area contributed by atoms with Gasteiger partial charge in [-0.25, -0.2) is 0 Å². The van der Waals surface area contributed by atoms with Crippen LogP contribution in [0.5, 0.6) is 0 Å². The summed E-state index contributed by atoms with van der Waals surface area (Å²) < 4.78 is 5.14. The lowest BCUT2D eigenvalue weighted by Gasteiger charge is -2.45. The number of unbranched alkanes of at least 4 members (excludes halogenated alkanes) is 2. The molecule has 0 saturated carbocycles. The first-order valence-electron chi connectivity index (χ1n) is 14.4. The van der Waals surface area contributed by atoms with Gasteiger partial charge in [-0.1, -0.05) is 61.0 Å². The highest BCUT2D eigenvalue weighted by molar-refractivity contribution is 6.07. The maximum Gasteiger partial charge on any atom is 0.306 e. The standard InChI is InChI=1S/C34H34N2O5/c1-20-16-21(2)18-22(17-20)35-27(37)19-41-28(38)14-4-3-9-15-36-33(39)31-29-23-10-5-6-11-24(23)30(32(31)34(36)40)26-13-8-7-12-25(26)29/h5-8,10-13,16-18,29-32H,3-4,9,14-15,19H2,1-2H3,(H,35,37)/t29?,30?,31-,32-/m1/s1. The van der Waals surface area contributed by atoms with E-state index < -0.39 is 5.97 Å². The first-order valence-corrected chi connectivity index (χ1v) is 14.4. The number of carbonyl (C=O) groups excluding carboxylic acids is 4. The molecule has 4 aliphatic rings. The first-order chi connectivity index (χ1) is 19.8. The van der Waals surface area contributed by atoms with Crippen molar-refractivity contribution in [3.63, 3.8) is 0 Å². The van der Waals surface area contributed by atoms with E-state index in [1.165, 1.54) is 27.2 Å². The number of nitrogens with zero attached hydrogens (tertiary/aromatic N) is 1. The Hall–Kier alpha value is -4.26. The van der Waals surface area contributed by atoms with Gasteiger partial charge in [-0.15, -0.1) is 0 Å². The molecule has 0 aromatic heterocycles. The van der Waals surface area contributed by atoms with Gasteiger partial charge in [0.2, 0.25) is 11.8 Å². The molecule has 0 unspecified atom stereocenters. The summed E-state index contributed by atoms with van der Waals surface area (Å²) in [6, 6.07) is 22.2. The summed E-state index contributed by atoms with van der Waals surface area (Å²) in [5.74, 6) is -1.88. The van der Waals surface area contributed by atoms with E-state index in [1.54, 1.807) is 0 Å². The third kappa shape index (κ3) is 4.94. The largest absolute Gasteiger partial charge is 0.456 e. The summed E-state index contributed by atoms with van der Waals surface area (Å²) in [5.41, 5.74) is 7.42. The van der Waals surface area contributed by atoms with E-state index in [0.717, 1.165) is 11.1 Å². The van der Waals surface area contributed by atoms with Gasteiger partial charge in [0.1, 0.15) is 0 Å². The fraction of sp³-hybridized carbons (Fsp3) is 0.353. The third-order valence-electron chi connectivity index (χ3n) is 8.67. The number of anilines is 1. The van der Waals surface area contributed by atoms with Gasteiger partial charge < -0.3 is 10.1 Å². The number of likely N-dealkylation sites (tertiary alicyclic amines) is 1. The van der Waals surface area contributed by atoms with Crippen LogP contribution in [0.25, 0.3) is 0 Å². The van der Waals surface area contributed by atoms with Gasteiger partial charge in [-0.05, 0) is 72.2 Å². The van der Waals surface area contributed by atoms with Gasteiger partial charge >= 0.3 is 5.97 Å². The molecular formula is C34H34N2O5. The minimum atomic E-state index is -0.438. The molecule has 1 N–H and O–H groups in total. The highest BCUT2D eigenvalue weighted by Gasteiger charge is 2.61. The molecule has 0 radical (unpaired) electrons. The highest BCUT2D eigenvalue weighted by atomic mass is 16.5. The van der Waals surface area contributed by atoms with Crippen molar-refractivity contribution in [2.45, 2.75) is 51.4 Å². The van der Waals surface area contributed by atoms with Crippen LogP contribution in [0.2, 0.25) is 0 Å². The molecule has 2 atom stereocenters. The fourth-order valence-electron chi connectivity index (χ4n) is 7.14. The van der Waals surface area contributed by atoms with E-state index in [2.05, 4.69) is 29.6 Å². The van der Waals surface area contributed by atoms with Crippen LogP contribution < -0.4 is 5.32 Å². The zero-order valence-electron chi connectivity index (χ0n) is 23.4. The predicted molar refractivity (Wildman–Crippen MR) is 154 cm³/mol. The summed E-state index contributed by atoms with van der Waals surface area (Å²) in [6.45, 7) is 3.92. The quantitative estimate of drug-likeness (QED) is 0.224. The number of esters is 1. The zero-order valence-corrected chi connectivity index (χ0v) is 23.4. The molecule has 1 aliphatic heterocycles. The van der Waals surface area contributed by atoms with Gasteiger partial charge in [0, 0.05) is 30.5 Å². The molecule has 1 fully saturated rings. The first kappa shape index (κ1) is 26.9. The van der Waals surface area contributed by atoms with E-state index >= 15 is 0 Å². The molecule has 1 saturated heterocycles. The molecule has 1 heterocycles. The highest BCUT2D eigenvalue weighted by Crippen LogP contribution is 2.60. The van der Waals surface area contributed by atoms with E-state index in [1.807, 2.05) is 56.3 Å².